The first-order chi connectivity index (χ1) is 31.5. The average Bonchev–Trinajstić information content (AvgIpc) is 3.29. The van der Waals surface area contributed by atoms with Crippen LogP contribution in [-0.2, 0) is 28.6 Å². The molecule has 1 unspecified atom stereocenters. The van der Waals surface area contributed by atoms with Crippen molar-refractivity contribution in [3.63, 3.8) is 0 Å². The Morgan fingerprint density at radius 1 is 0.312 bits per heavy atom. The molecule has 64 heavy (non-hydrogen) atoms. The van der Waals surface area contributed by atoms with Gasteiger partial charge in [-0.1, -0.05) is 229 Å². The molecule has 0 saturated heterocycles. The summed E-state index contributed by atoms with van der Waals surface area (Å²) < 4.78 is 16.8. The number of esters is 3. The second-order valence-electron chi connectivity index (χ2n) is 18.1. The molecule has 6 heteroatoms. The number of hydrogen-bond acceptors (Lipinski definition) is 6. The minimum Gasteiger partial charge on any atom is -0.462 e. The van der Waals surface area contributed by atoms with E-state index in [1.807, 2.05) is 0 Å². The van der Waals surface area contributed by atoms with Crippen LogP contribution in [0, 0.1) is 0 Å². The van der Waals surface area contributed by atoms with Crippen LogP contribution in [0.15, 0.2) is 60.8 Å². The van der Waals surface area contributed by atoms with Gasteiger partial charge in [-0.2, -0.15) is 0 Å². The minimum absolute atomic E-state index is 0.0808. The second kappa shape index (κ2) is 52.7. The maximum atomic E-state index is 12.8. The lowest BCUT2D eigenvalue weighted by molar-refractivity contribution is -0.167. The van der Waals surface area contributed by atoms with Crippen molar-refractivity contribution in [1.29, 1.82) is 0 Å². The molecule has 0 aliphatic carbocycles. The molecule has 0 aliphatic heterocycles. The van der Waals surface area contributed by atoms with Gasteiger partial charge in [0.15, 0.2) is 6.10 Å². The van der Waals surface area contributed by atoms with E-state index >= 15 is 0 Å². The van der Waals surface area contributed by atoms with Gasteiger partial charge in [0.25, 0.3) is 0 Å². The summed E-state index contributed by atoms with van der Waals surface area (Å²) in [7, 11) is 0. The largest absolute Gasteiger partial charge is 0.462 e. The Morgan fingerprint density at radius 3 is 0.938 bits per heavy atom. The van der Waals surface area contributed by atoms with Gasteiger partial charge in [0, 0.05) is 19.3 Å². The number of unbranched alkanes of at least 4 members (excludes halogenated alkanes) is 28. The Kier molecular flexibility index (Phi) is 50.4. The van der Waals surface area contributed by atoms with E-state index in [0.717, 1.165) is 109 Å². The molecule has 0 aliphatic rings. The van der Waals surface area contributed by atoms with E-state index in [0.29, 0.717) is 19.3 Å². The normalized spacial score (nSPS) is 12.5. The predicted octanol–water partition coefficient (Wildman–Crippen LogP) is 18.0. The molecule has 0 saturated carbocycles. The standard InChI is InChI=1S/C58H102O6/c1-4-7-10-13-16-19-22-24-25-26-27-28-29-30-31-32-33-35-36-39-42-45-48-51-57(60)63-54-55(53-62-56(59)50-47-44-41-38-21-18-15-12-9-6-3)64-58(61)52-49-46-43-40-37-34-23-20-17-14-11-8-5-2/h11,14,20,22-24,26-27,29-30,55H,4-10,12-13,15-19,21,25,28,31-54H2,1-3H3/b14-11-,23-20-,24-22-,27-26-,30-29-. The molecule has 1 atom stereocenters. The topological polar surface area (TPSA) is 78.9 Å². The summed E-state index contributed by atoms with van der Waals surface area (Å²) in [6.45, 7) is 6.54. The zero-order valence-corrected chi connectivity index (χ0v) is 42.3. The predicted molar refractivity (Wildman–Crippen MR) is 275 cm³/mol. The number of rotatable bonds is 49. The number of ether oxygens (including phenoxy) is 3. The van der Waals surface area contributed by atoms with Crippen LogP contribution < -0.4 is 0 Å². The fraction of sp³-hybridized carbons (Fsp3) is 0.776. The van der Waals surface area contributed by atoms with Crippen LogP contribution >= 0.6 is 0 Å². The van der Waals surface area contributed by atoms with Gasteiger partial charge in [0.05, 0.1) is 0 Å². The summed E-state index contributed by atoms with van der Waals surface area (Å²) in [6, 6.07) is 0. The molecule has 0 heterocycles. The molecular weight excluding hydrogens is 793 g/mol. The Hall–Kier alpha value is -2.89. The quantitative estimate of drug-likeness (QED) is 0.0262. The number of hydrogen-bond donors (Lipinski definition) is 0. The van der Waals surface area contributed by atoms with Crippen LogP contribution in [0.5, 0.6) is 0 Å². The number of carbonyl (C=O) groups is 3. The molecule has 370 valence electrons. The van der Waals surface area contributed by atoms with E-state index in [1.165, 1.54) is 122 Å². The van der Waals surface area contributed by atoms with Gasteiger partial charge in [0.1, 0.15) is 13.2 Å². The van der Waals surface area contributed by atoms with Gasteiger partial charge in [-0.05, 0) is 83.5 Å². The zero-order valence-electron chi connectivity index (χ0n) is 42.3. The first kappa shape index (κ1) is 61.1. The number of carbonyl (C=O) groups excluding carboxylic acids is 3. The van der Waals surface area contributed by atoms with Crippen LogP contribution in [-0.4, -0.2) is 37.2 Å². The van der Waals surface area contributed by atoms with Crippen LogP contribution in [0.3, 0.4) is 0 Å². The molecule has 0 aromatic carbocycles. The minimum atomic E-state index is -0.781. The zero-order chi connectivity index (χ0) is 46.5. The second-order valence-corrected chi connectivity index (χ2v) is 18.1. The molecule has 0 bridgehead atoms. The molecule has 6 nitrogen and oxygen atoms in total. The van der Waals surface area contributed by atoms with Crippen LogP contribution in [0.1, 0.15) is 271 Å². The van der Waals surface area contributed by atoms with Gasteiger partial charge in [-0.3, -0.25) is 14.4 Å². The van der Waals surface area contributed by atoms with Crippen LogP contribution in [0.4, 0.5) is 0 Å². The van der Waals surface area contributed by atoms with Crippen molar-refractivity contribution in [2.75, 3.05) is 13.2 Å². The van der Waals surface area contributed by atoms with Crippen molar-refractivity contribution < 1.29 is 28.6 Å². The first-order valence-electron chi connectivity index (χ1n) is 27.3. The SMILES string of the molecule is CCC/C=C\C/C=C\CCCCCCCC(=O)OC(COC(=O)CCCCCCCCCC/C=C\C/C=C\C/C=C\CCCCCCC)COC(=O)CCCCCCCCCCCC. The Morgan fingerprint density at radius 2 is 0.594 bits per heavy atom. The monoisotopic (exact) mass is 895 g/mol. The summed E-state index contributed by atoms with van der Waals surface area (Å²) in [4.78, 5) is 37.9. The fourth-order valence-corrected chi connectivity index (χ4v) is 7.60. The summed E-state index contributed by atoms with van der Waals surface area (Å²) >= 11 is 0. The van der Waals surface area contributed by atoms with Gasteiger partial charge >= 0.3 is 17.9 Å². The molecule has 0 rings (SSSR count). The van der Waals surface area contributed by atoms with E-state index in [2.05, 4.69) is 81.5 Å². The highest BCUT2D eigenvalue weighted by Crippen LogP contribution is 2.15. The third kappa shape index (κ3) is 50.1. The highest BCUT2D eigenvalue weighted by molar-refractivity contribution is 5.71. The van der Waals surface area contributed by atoms with Crippen molar-refractivity contribution in [1.82, 2.24) is 0 Å². The maximum Gasteiger partial charge on any atom is 0.306 e. The van der Waals surface area contributed by atoms with E-state index < -0.39 is 6.10 Å². The van der Waals surface area contributed by atoms with E-state index in [4.69, 9.17) is 14.2 Å². The lowest BCUT2D eigenvalue weighted by atomic mass is 10.1. The molecule has 0 N–H and O–H groups in total. The smallest absolute Gasteiger partial charge is 0.306 e. The average molecular weight is 895 g/mol. The molecule has 0 radical (unpaired) electrons. The fourth-order valence-electron chi connectivity index (χ4n) is 7.60. The van der Waals surface area contributed by atoms with Crippen molar-refractivity contribution in [3.8, 4) is 0 Å². The van der Waals surface area contributed by atoms with Crippen LogP contribution in [0.25, 0.3) is 0 Å². The Labute approximate surface area is 396 Å². The van der Waals surface area contributed by atoms with Crippen molar-refractivity contribution in [2.45, 2.75) is 277 Å². The highest BCUT2D eigenvalue weighted by Gasteiger charge is 2.19. The summed E-state index contributed by atoms with van der Waals surface area (Å²) in [5, 5.41) is 0. The van der Waals surface area contributed by atoms with E-state index in [9.17, 15) is 14.4 Å². The van der Waals surface area contributed by atoms with Gasteiger partial charge in [-0.25, -0.2) is 0 Å². The van der Waals surface area contributed by atoms with Gasteiger partial charge in [0.2, 0.25) is 0 Å². The maximum absolute atomic E-state index is 12.8. The summed E-state index contributed by atoms with van der Waals surface area (Å²) in [5.74, 6) is -0.899. The lowest BCUT2D eigenvalue weighted by Gasteiger charge is -2.18. The first-order valence-corrected chi connectivity index (χ1v) is 27.3. The van der Waals surface area contributed by atoms with E-state index in [1.54, 1.807) is 0 Å². The van der Waals surface area contributed by atoms with E-state index in [-0.39, 0.29) is 31.1 Å². The number of allylic oxidation sites excluding steroid dienone is 10. The summed E-state index contributed by atoms with van der Waals surface area (Å²) in [6.07, 6.45) is 65.0. The van der Waals surface area contributed by atoms with Gasteiger partial charge in [-0.15, -0.1) is 0 Å². The molecular formula is C58H102O6. The van der Waals surface area contributed by atoms with Crippen LogP contribution in [0.2, 0.25) is 0 Å². The lowest BCUT2D eigenvalue weighted by Crippen LogP contribution is -2.30. The summed E-state index contributed by atoms with van der Waals surface area (Å²) in [5.41, 5.74) is 0. The van der Waals surface area contributed by atoms with Crippen molar-refractivity contribution >= 4 is 17.9 Å². The highest BCUT2D eigenvalue weighted by atomic mass is 16.6. The Bertz CT molecular complexity index is 1170. The van der Waals surface area contributed by atoms with Gasteiger partial charge < -0.3 is 14.2 Å². The Balaban J connectivity index is 4.28. The molecule has 0 spiro atoms. The molecule has 0 aromatic rings. The third-order valence-electron chi connectivity index (χ3n) is 11.7. The molecule has 0 aromatic heterocycles. The van der Waals surface area contributed by atoms with Crippen molar-refractivity contribution in [2.24, 2.45) is 0 Å². The third-order valence-corrected chi connectivity index (χ3v) is 11.7. The molecule has 0 fully saturated rings. The van der Waals surface area contributed by atoms with Crippen molar-refractivity contribution in [3.05, 3.63) is 60.8 Å². The molecule has 0 amide bonds.